The molecular weight excluding hydrogens is 284 g/mol. The second-order valence-electron chi connectivity index (χ2n) is 5.71. The summed E-state index contributed by atoms with van der Waals surface area (Å²) in [5, 5.41) is 0. The summed E-state index contributed by atoms with van der Waals surface area (Å²) in [6, 6.07) is 3.56. The fourth-order valence-electron chi connectivity index (χ4n) is 2.69. The Labute approximate surface area is 130 Å². The number of amides is 2. The number of nitrogens with zero attached hydrogens (tertiary/aromatic N) is 3. The highest BCUT2D eigenvalue weighted by Gasteiger charge is 2.36. The van der Waals surface area contributed by atoms with Gasteiger partial charge >= 0.3 is 0 Å². The summed E-state index contributed by atoms with van der Waals surface area (Å²) in [5.41, 5.74) is 5.78. The molecule has 0 spiro atoms. The molecule has 2 heterocycles. The third kappa shape index (κ3) is 3.54. The van der Waals surface area contributed by atoms with Crippen molar-refractivity contribution in [1.82, 2.24) is 9.88 Å². The molecule has 7 nitrogen and oxygen atoms in total. The fourth-order valence-corrected chi connectivity index (χ4v) is 2.69. The number of likely N-dealkylation sites (tertiary alicyclic amines) is 1. The molecule has 0 unspecified atom stereocenters. The number of carbonyl (C=O) groups is 2. The van der Waals surface area contributed by atoms with Crippen LogP contribution in [0.2, 0.25) is 0 Å². The maximum Gasteiger partial charge on any atom is 0.255 e. The number of carbonyl (C=O) groups excluding carboxylic acids is 2. The molecule has 22 heavy (non-hydrogen) atoms. The zero-order valence-electron chi connectivity index (χ0n) is 13.2. The van der Waals surface area contributed by atoms with Crippen LogP contribution in [0.25, 0.3) is 0 Å². The molecule has 1 aliphatic heterocycles. The van der Waals surface area contributed by atoms with E-state index in [1.54, 1.807) is 30.3 Å². The van der Waals surface area contributed by atoms with E-state index in [-0.39, 0.29) is 30.3 Å². The van der Waals surface area contributed by atoms with Gasteiger partial charge in [0.1, 0.15) is 5.82 Å². The Balaban J connectivity index is 2.08. The molecule has 1 aromatic rings. The van der Waals surface area contributed by atoms with Gasteiger partial charge in [-0.3, -0.25) is 9.59 Å². The minimum absolute atomic E-state index is 0.0551. The van der Waals surface area contributed by atoms with E-state index in [0.717, 1.165) is 5.82 Å². The lowest BCUT2D eigenvalue weighted by Crippen LogP contribution is -2.30. The van der Waals surface area contributed by atoms with Crippen LogP contribution < -0.4 is 10.6 Å². The highest BCUT2D eigenvalue weighted by molar-refractivity contribution is 5.94. The van der Waals surface area contributed by atoms with Crippen molar-refractivity contribution in [3.8, 4) is 0 Å². The highest BCUT2D eigenvalue weighted by Crippen LogP contribution is 2.24. The maximum absolute atomic E-state index is 12.5. The van der Waals surface area contributed by atoms with Crippen LogP contribution in [0, 0.1) is 5.92 Å². The lowest BCUT2D eigenvalue weighted by molar-refractivity contribution is -0.119. The van der Waals surface area contributed by atoms with Crippen molar-refractivity contribution in [3.63, 3.8) is 0 Å². The van der Waals surface area contributed by atoms with E-state index < -0.39 is 0 Å². The number of pyridine rings is 1. The van der Waals surface area contributed by atoms with Crippen molar-refractivity contribution in [2.24, 2.45) is 11.7 Å². The first-order valence-electron chi connectivity index (χ1n) is 7.16. The van der Waals surface area contributed by atoms with Crippen LogP contribution in [0.3, 0.4) is 0 Å². The zero-order chi connectivity index (χ0) is 16.3. The second kappa shape index (κ2) is 6.74. The number of hydrogen-bond donors (Lipinski definition) is 1. The van der Waals surface area contributed by atoms with Gasteiger partial charge in [0.05, 0.1) is 11.7 Å². The van der Waals surface area contributed by atoms with Crippen LogP contribution in [0.1, 0.15) is 16.8 Å². The monoisotopic (exact) mass is 306 g/mol. The van der Waals surface area contributed by atoms with Gasteiger partial charge in [0.25, 0.3) is 5.91 Å². The van der Waals surface area contributed by atoms with E-state index in [2.05, 4.69) is 4.98 Å². The molecule has 0 saturated carbocycles. The SMILES string of the molecule is CO[C@H]1CN(C(=O)c2ccc(N(C)C)nc2)C[C@@H]1CC(N)=O. The van der Waals surface area contributed by atoms with Crippen molar-refractivity contribution in [3.05, 3.63) is 23.9 Å². The lowest BCUT2D eigenvalue weighted by atomic mass is 10.0. The van der Waals surface area contributed by atoms with Gasteiger partial charge in [-0.1, -0.05) is 0 Å². The van der Waals surface area contributed by atoms with E-state index in [1.807, 2.05) is 19.0 Å². The first kappa shape index (κ1) is 16.2. The van der Waals surface area contributed by atoms with Gasteiger partial charge in [-0.25, -0.2) is 4.98 Å². The Morgan fingerprint density at radius 1 is 1.41 bits per heavy atom. The molecule has 1 aromatic heterocycles. The number of primary amides is 1. The average molecular weight is 306 g/mol. The van der Waals surface area contributed by atoms with Crippen LogP contribution in [-0.4, -0.2) is 62.1 Å². The number of nitrogens with two attached hydrogens (primary N) is 1. The molecule has 0 bridgehead atoms. The van der Waals surface area contributed by atoms with Crippen molar-refractivity contribution in [1.29, 1.82) is 0 Å². The van der Waals surface area contributed by atoms with Crippen LogP contribution >= 0.6 is 0 Å². The largest absolute Gasteiger partial charge is 0.379 e. The first-order valence-corrected chi connectivity index (χ1v) is 7.16. The van der Waals surface area contributed by atoms with Gasteiger partial charge in [-0.15, -0.1) is 0 Å². The molecule has 2 rings (SSSR count). The van der Waals surface area contributed by atoms with E-state index in [9.17, 15) is 9.59 Å². The lowest BCUT2D eigenvalue weighted by Gasteiger charge is -2.17. The predicted molar refractivity (Wildman–Crippen MR) is 82.6 cm³/mol. The molecule has 7 heteroatoms. The maximum atomic E-state index is 12.5. The van der Waals surface area contributed by atoms with Gasteiger partial charge in [-0.2, -0.15) is 0 Å². The summed E-state index contributed by atoms with van der Waals surface area (Å²) in [6.45, 7) is 0.929. The summed E-state index contributed by atoms with van der Waals surface area (Å²) in [7, 11) is 5.36. The minimum atomic E-state index is -0.377. The van der Waals surface area contributed by atoms with Crippen molar-refractivity contribution in [2.45, 2.75) is 12.5 Å². The number of methoxy groups -OCH3 is 1. The molecule has 2 atom stereocenters. The number of rotatable bonds is 5. The molecule has 0 aromatic carbocycles. The Morgan fingerprint density at radius 2 is 2.14 bits per heavy atom. The summed E-state index contributed by atoms with van der Waals surface area (Å²) in [5.74, 6) is 0.255. The smallest absolute Gasteiger partial charge is 0.255 e. The third-order valence-corrected chi connectivity index (χ3v) is 3.89. The minimum Gasteiger partial charge on any atom is -0.379 e. The zero-order valence-corrected chi connectivity index (χ0v) is 13.2. The van der Waals surface area contributed by atoms with E-state index in [1.165, 1.54) is 0 Å². The quantitative estimate of drug-likeness (QED) is 0.834. The van der Waals surface area contributed by atoms with Crippen LogP contribution in [0.15, 0.2) is 18.3 Å². The Morgan fingerprint density at radius 3 is 2.64 bits per heavy atom. The van der Waals surface area contributed by atoms with Gasteiger partial charge in [0.2, 0.25) is 5.91 Å². The Hall–Kier alpha value is -2.15. The van der Waals surface area contributed by atoms with Crippen LogP contribution in [-0.2, 0) is 9.53 Å². The van der Waals surface area contributed by atoms with Gasteiger partial charge in [0.15, 0.2) is 0 Å². The summed E-state index contributed by atoms with van der Waals surface area (Å²) < 4.78 is 5.37. The van der Waals surface area contributed by atoms with Gasteiger partial charge in [0, 0.05) is 52.8 Å². The number of aromatic nitrogens is 1. The molecule has 2 amide bonds. The third-order valence-electron chi connectivity index (χ3n) is 3.89. The van der Waals surface area contributed by atoms with Crippen molar-refractivity contribution in [2.75, 3.05) is 39.2 Å². The topological polar surface area (TPSA) is 88.8 Å². The van der Waals surface area contributed by atoms with Crippen LogP contribution in [0.4, 0.5) is 5.82 Å². The molecular formula is C15H22N4O3. The Bertz CT molecular complexity index is 544. The standard InChI is InChI=1S/C15H22N4O3/c1-18(2)14-5-4-10(7-17-14)15(21)19-8-11(6-13(16)20)12(9-19)22-3/h4-5,7,11-12H,6,8-9H2,1-3H3,(H2,16,20)/t11-,12-/m0/s1. The molecule has 0 aliphatic carbocycles. The summed E-state index contributed by atoms with van der Waals surface area (Å²) in [6.07, 6.45) is 1.63. The van der Waals surface area contributed by atoms with E-state index >= 15 is 0 Å². The first-order chi connectivity index (χ1) is 10.4. The predicted octanol–water partition coefficient (Wildman–Crippen LogP) is 0.110. The fraction of sp³-hybridized carbons (Fsp3) is 0.533. The normalized spacial score (nSPS) is 21.0. The van der Waals surface area contributed by atoms with E-state index in [4.69, 9.17) is 10.5 Å². The average Bonchev–Trinajstić information content (AvgIpc) is 2.88. The number of ether oxygens (including phenoxy) is 1. The van der Waals surface area contributed by atoms with Crippen LogP contribution in [0.5, 0.6) is 0 Å². The molecule has 1 saturated heterocycles. The summed E-state index contributed by atoms with van der Waals surface area (Å²) >= 11 is 0. The molecule has 1 aliphatic rings. The molecule has 2 N–H and O–H groups in total. The molecule has 1 fully saturated rings. The van der Waals surface area contributed by atoms with E-state index in [0.29, 0.717) is 18.7 Å². The van der Waals surface area contributed by atoms with Crippen molar-refractivity contribution >= 4 is 17.6 Å². The van der Waals surface area contributed by atoms with Gasteiger partial charge in [-0.05, 0) is 12.1 Å². The Kier molecular flexibility index (Phi) is 4.97. The molecule has 0 radical (unpaired) electrons. The number of anilines is 1. The highest BCUT2D eigenvalue weighted by atomic mass is 16.5. The van der Waals surface area contributed by atoms with Gasteiger partial charge < -0.3 is 20.3 Å². The van der Waals surface area contributed by atoms with Crippen molar-refractivity contribution < 1.29 is 14.3 Å². The molecule has 120 valence electrons. The number of hydrogen-bond acceptors (Lipinski definition) is 5. The summed E-state index contributed by atoms with van der Waals surface area (Å²) in [4.78, 5) is 31.4. The second-order valence-corrected chi connectivity index (χ2v) is 5.71.